The number of rotatable bonds is 5. The Bertz CT molecular complexity index is 789. The minimum absolute atomic E-state index is 0.542. The van der Waals surface area contributed by atoms with E-state index < -0.39 is 0 Å². The molecule has 0 amide bonds. The van der Waals surface area contributed by atoms with Crippen molar-refractivity contribution < 1.29 is 0 Å². The third-order valence-electron chi connectivity index (χ3n) is 7.45. The highest BCUT2D eigenvalue weighted by atomic mass is 15.3. The van der Waals surface area contributed by atoms with Gasteiger partial charge < -0.3 is 10.2 Å². The fourth-order valence-corrected chi connectivity index (χ4v) is 6.06. The molecule has 156 valence electrons. The van der Waals surface area contributed by atoms with Gasteiger partial charge in [-0.05, 0) is 68.1 Å². The summed E-state index contributed by atoms with van der Waals surface area (Å²) in [6.07, 6.45) is 11.7. The molecule has 0 aromatic carbocycles. The topological polar surface area (TPSA) is 58.9 Å². The Morgan fingerprint density at radius 3 is 2.41 bits per heavy atom. The molecule has 0 bridgehead atoms. The summed E-state index contributed by atoms with van der Waals surface area (Å²) in [6, 6.07) is 4.67. The van der Waals surface area contributed by atoms with Crippen molar-refractivity contribution >= 4 is 5.82 Å². The fraction of sp³-hybridized carbons (Fsp3) is 0.696. The molecule has 29 heavy (non-hydrogen) atoms. The third-order valence-corrected chi connectivity index (χ3v) is 7.45. The lowest BCUT2D eigenvalue weighted by Crippen LogP contribution is -2.30. The molecule has 0 spiro atoms. The van der Waals surface area contributed by atoms with E-state index in [1.807, 2.05) is 17.9 Å². The minimum Gasteiger partial charge on any atom is -0.366 e. The maximum atomic E-state index is 4.45. The first-order valence-electron chi connectivity index (χ1n) is 11.5. The van der Waals surface area contributed by atoms with Crippen LogP contribution in [0.1, 0.15) is 50.5 Å². The van der Waals surface area contributed by atoms with E-state index in [4.69, 9.17) is 0 Å². The molecule has 2 aromatic heterocycles. The standard InChI is InChI=1S/C23H34N6/c1-16-12-24-28(2)23(16)21-8-9-22(27-26-21)25-20-10-18-14-29(15-19(18)11-20)13-17-6-4-3-5-7-17/h8-9,12,17-20H,3-7,10-11,13-15H2,1-2H3,(H,25,27)/t18-,19+,20-. The molecule has 1 saturated heterocycles. The highest BCUT2D eigenvalue weighted by molar-refractivity contribution is 5.59. The first kappa shape index (κ1) is 19.0. The Labute approximate surface area is 174 Å². The average molecular weight is 395 g/mol. The van der Waals surface area contributed by atoms with Gasteiger partial charge in [-0.1, -0.05) is 19.3 Å². The first-order valence-corrected chi connectivity index (χ1v) is 11.5. The minimum atomic E-state index is 0.542. The number of nitrogens with one attached hydrogen (secondary N) is 1. The molecule has 5 rings (SSSR count). The van der Waals surface area contributed by atoms with Crippen LogP contribution in [0.15, 0.2) is 18.3 Å². The normalized spacial score (nSPS) is 28.0. The third kappa shape index (κ3) is 4.04. The zero-order valence-electron chi connectivity index (χ0n) is 17.8. The molecule has 1 aliphatic heterocycles. The van der Waals surface area contributed by atoms with Crippen LogP contribution in [0.2, 0.25) is 0 Å². The number of hydrogen-bond donors (Lipinski definition) is 1. The highest BCUT2D eigenvalue weighted by Gasteiger charge is 2.41. The molecule has 3 fully saturated rings. The quantitative estimate of drug-likeness (QED) is 0.834. The van der Waals surface area contributed by atoms with Gasteiger partial charge in [0.1, 0.15) is 11.5 Å². The Hall–Kier alpha value is -1.95. The zero-order valence-corrected chi connectivity index (χ0v) is 17.8. The van der Waals surface area contributed by atoms with Gasteiger partial charge in [0, 0.05) is 32.7 Å². The molecule has 6 heteroatoms. The van der Waals surface area contributed by atoms with E-state index in [-0.39, 0.29) is 0 Å². The summed E-state index contributed by atoms with van der Waals surface area (Å²) in [7, 11) is 1.95. The van der Waals surface area contributed by atoms with Gasteiger partial charge in [-0.3, -0.25) is 4.68 Å². The summed E-state index contributed by atoms with van der Waals surface area (Å²) in [5.74, 6) is 3.59. The van der Waals surface area contributed by atoms with Gasteiger partial charge in [-0.2, -0.15) is 5.10 Å². The average Bonchev–Trinajstić information content (AvgIpc) is 3.36. The largest absolute Gasteiger partial charge is 0.366 e. The van der Waals surface area contributed by atoms with Gasteiger partial charge in [0.15, 0.2) is 0 Å². The summed E-state index contributed by atoms with van der Waals surface area (Å²) < 4.78 is 1.86. The van der Waals surface area contributed by atoms with Crippen LogP contribution in [0.25, 0.3) is 11.4 Å². The Morgan fingerprint density at radius 2 is 1.79 bits per heavy atom. The molecule has 2 aliphatic carbocycles. The monoisotopic (exact) mass is 394 g/mol. The van der Waals surface area contributed by atoms with Crippen LogP contribution >= 0.6 is 0 Å². The molecule has 3 heterocycles. The van der Waals surface area contributed by atoms with E-state index in [1.165, 1.54) is 64.6 Å². The van der Waals surface area contributed by atoms with E-state index in [1.54, 1.807) is 0 Å². The van der Waals surface area contributed by atoms with Crippen LogP contribution in [0.5, 0.6) is 0 Å². The van der Waals surface area contributed by atoms with E-state index in [0.717, 1.165) is 40.5 Å². The Balaban J connectivity index is 1.14. The maximum Gasteiger partial charge on any atom is 0.148 e. The number of hydrogen-bond acceptors (Lipinski definition) is 5. The van der Waals surface area contributed by atoms with Crippen molar-refractivity contribution in [2.24, 2.45) is 24.8 Å². The van der Waals surface area contributed by atoms with Crippen molar-refractivity contribution in [2.45, 2.75) is 57.9 Å². The molecule has 1 N–H and O–H groups in total. The van der Waals surface area contributed by atoms with E-state index in [2.05, 4.69) is 44.6 Å². The van der Waals surface area contributed by atoms with E-state index in [0.29, 0.717) is 6.04 Å². The molecular formula is C23H34N6. The molecule has 0 unspecified atom stereocenters. The number of fused-ring (bicyclic) bond motifs is 1. The highest BCUT2D eigenvalue weighted by Crippen LogP contribution is 2.40. The second kappa shape index (κ2) is 8.05. The maximum absolute atomic E-state index is 4.45. The van der Waals surface area contributed by atoms with Gasteiger partial charge in [0.2, 0.25) is 0 Å². The summed E-state index contributed by atoms with van der Waals surface area (Å²) in [5, 5.41) is 16.9. The van der Waals surface area contributed by atoms with Gasteiger partial charge in [0.05, 0.1) is 11.9 Å². The number of anilines is 1. The Kier molecular flexibility index (Phi) is 5.29. The lowest BCUT2D eigenvalue weighted by atomic mass is 9.89. The molecule has 0 radical (unpaired) electrons. The fourth-order valence-electron chi connectivity index (χ4n) is 6.06. The van der Waals surface area contributed by atoms with Gasteiger partial charge in [-0.25, -0.2) is 0 Å². The zero-order chi connectivity index (χ0) is 19.8. The molecule has 2 saturated carbocycles. The lowest BCUT2D eigenvalue weighted by Gasteiger charge is -2.27. The van der Waals surface area contributed by atoms with Gasteiger partial charge in [-0.15, -0.1) is 10.2 Å². The van der Waals surface area contributed by atoms with Crippen LogP contribution in [-0.2, 0) is 7.05 Å². The Morgan fingerprint density at radius 1 is 1.03 bits per heavy atom. The smallest absolute Gasteiger partial charge is 0.148 e. The second-order valence-electron chi connectivity index (χ2n) is 9.66. The summed E-state index contributed by atoms with van der Waals surface area (Å²) in [6.45, 7) is 6.03. The van der Waals surface area contributed by atoms with Crippen LogP contribution in [0.3, 0.4) is 0 Å². The second-order valence-corrected chi connectivity index (χ2v) is 9.66. The SMILES string of the molecule is Cc1cnn(C)c1-c1ccc(N[C@@H]2C[C@@H]3CN(CC4CCCCC4)C[C@@H]3C2)nn1. The van der Waals surface area contributed by atoms with E-state index >= 15 is 0 Å². The summed E-state index contributed by atoms with van der Waals surface area (Å²) >= 11 is 0. The van der Waals surface area contributed by atoms with Gasteiger partial charge >= 0.3 is 0 Å². The number of aromatic nitrogens is 4. The van der Waals surface area contributed by atoms with Crippen molar-refractivity contribution in [3.8, 4) is 11.4 Å². The lowest BCUT2D eigenvalue weighted by molar-refractivity contribution is 0.221. The molecule has 3 atom stereocenters. The molecular weight excluding hydrogens is 360 g/mol. The van der Waals surface area contributed by atoms with E-state index in [9.17, 15) is 0 Å². The van der Waals surface area contributed by atoms with Gasteiger partial charge in [0.25, 0.3) is 0 Å². The molecule has 3 aliphatic rings. The number of aryl methyl sites for hydroxylation is 2. The summed E-state index contributed by atoms with van der Waals surface area (Å²) in [4.78, 5) is 2.77. The van der Waals surface area contributed by atoms with Crippen molar-refractivity contribution in [2.75, 3.05) is 25.0 Å². The van der Waals surface area contributed by atoms with Crippen LogP contribution in [-0.4, -0.2) is 50.6 Å². The molecule has 2 aromatic rings. The van der Waals surface area contributed by atoms with Crippen LogP contribution in [0, 0.1) is 24.7 Å². The number of likely N-dealkylation sites (tertiary alicyclic amines) is 1. The van der Waals surface area contributed by atoms with Crippen molar-refractivity contribution in [3.63, 3.8) is 0 Å². The predicted octanol–water partition coefficient (Wildman–Crippen LogP) is 3.89. The van der Waals surface area contributed by atoms with Crippen molar-refractivity contribution in [1.29, 1.82) is 0 Å². The van der Waals surface area contributed by atoms with Crippen molar-refractivity contribution in [1.82, 2.24) is 24.9 Å². The summed E-state index contributed by atoms with van der Waals surface area (Å²) in [5.41, 5.74) is 3.05. The first-order chi connectivity index (χ1) is 14.2. The predicted molar refractivity (Wildman–Crippen MR) is 116 cm³/mol. The number of nitrogens with zero attached hydrogens (tertiary/aromatic N) is 5. The molecule has 6 nitrogen and oxygen atoms in total. The van der Waals surface area contributed by atoms with Crippen molar-refractivity contribution in [3.05, 3.63) is 23.9 Å². The van der Waals surface area contributed by atoms with Crippen LogP contribution < -0.4 is 5.32 Å². The van der Waals surface area contributed by atoms with Crippen LogP contribution in [0.4, 0.5) is 5.82 Å².